The Balaban J connectivity index is 2.00. The van der Waals surface area contributed by atoms with E-state index < -0.39 is 0 Å². The second-order valence-electron chi connectivity index (χ2n) is 5.75. The maximum atomic E-state index is 4.41. The molecule has 1 unspecified atom stereocenters. The summed E-state index contributed by atoms with van der Waals surface area (Å²) in [5, 5.41) is 8.13. The van der Waals surface area contributed by atoms with Crippen LogP contribution in [-0.4, -0.2) is 9.78 Å². The van der Waals surface area contributed by atoms with Crippen LogP contribution in [0.5, 0.6) is 0 Å². The lowest BCUT2D eigenvalue weighted by molar-refractivity contribution is 0.473. The number of nitrogens with zero attached hydrogens (tertiary/aromatic N) is 2. The fourth-order valence-corrected chi connectivity index (χ4v) is 2.73. The van der Waals surface area contributed by atoms with Gasteiger partial charge in [-0.05, 0) is 18.9 Å². The van der Waals surface area contributed by atoms with Gasteiger partial charge in [0.15, 0.2) is 0 Å². The SMILES string of the molecule is CCCCCC(NCc1cn(C)nc1C)c1ccccc1. The van der Waals surface area contributed by atoms with Crippen molar-refractivity contribution < 1.29 is 0 Å². The molecular formula is C18H27N3. The van der Waals surface area contributed by atoms with Crippen molar-refractivity contribution >= 4 is 0 Å². The molecule has 0 aliphatic rings. The molecule has 2 aromatic rings. The van der Waals surface area contributed by atoms with Gasteiger partial charge in [0.2, 0.25) is 0 Å². The summed E-state index contributed by atoms with van der Waals surface area (Å²) in [5.41, 5.74) is 3.79. The van der Waals surface area contributed by atoms with E-state index in [2.05, 4.69) is 60.8 Å². The Bertz CT molecular complexity index is 531. The first-order valence-corrected chi connectivity index (χ1v) is 7.98. The van der Waals surface area contributed by atoms with E-state index >= 15 is 0 Å². The smallest absolute Gasteiger partial charge is 0.0638 e. The van der Waals surface area contributed by atoms with Crippen molar-refractivity contribution in [3.05, 3.63) is 53.3 Å². The van der Waals surface area contributed by atoms with Crippen LogP contribution in [0.3, 0.4) is 0 Å². The third-order valence-electron chi connectivity index (χ3n) is 3.95. The lowest BCUT2D eigenvalue weighted by atomic mass is 10.00. The summed E-state index contributed by atoms with van der Waals surface area (Å²) in [7, 11) is 1.98. The normalized spacial score (nSPS) is 12.5. The zero-order chi connectivity index (χ0) is 15.1. The van der Waals surface area contributed by atoms with Crippen LogP contribution in [0, 0.1) is 6.92 Å². The lowest BCUT2D eigenvalue weighted by Crippen LogP contribution is -2.21. The van der Waals surface area contributed by atoms with Crippen molar-refractivity contribution in [2.24, 2.45) is 7.05 Å². The first-order valence-electron chi connectivity index (χ1n) is 7.98. The Morgan fingerprint density at radius 3 is 2.57 bits per heavy atom. The highest BCUT2D eigenvalue weighted by molar-refractivity contribution is 5.20. The largest absolute Gasteiger partial charge is 0.306 e. The predicted molar refractivity (Wildman–Crippen MR) is 88.1 cm³/mol. The molecule has 0 amide bonds. The maximum absolute atomic E-state index is 4.41. The van der Waals surface area contributed by atoms with Gasteiger partial charge in [0, 0.05) is 31.4 Å². The molecule has 1 heterocycles. The van der Waals surface area contributed by atoms with Crippen molar-refractivity contribution in [3.8, 4) is 0 Å². The Morgan fingerprint density at radius 2 is 1.95 bits per heavy atom. The molecule has 3 heteroatoms. The second kappa shape index (κ2) is 7.99. The number of unbranched alkanes of at least 4 members (excludes halogenated alkanes) is 2. The van der Waals surface area contributed by atoms with Gasteiger partial charge in [-0.3, -0.25) is 4.68 Å². The quantitative estimate of drug-likeness (QED) is 0.739. The summed E-state index contributed by atoms with van der Waals surface area (Å²) < 4.78 is 1.89. The average molecular weight is 285 g/mol. The van der Waals surface area contributed by atoms with E-state index in [0.717, 1.165) is 12.2 Å². The Kier molecular flexibility index (Phi) is 6.00. The van der Waals surface area contributed by atoms with Crippen LogP contribution in [0.1, 0.15) is 55.5 Å². The average Bonchev–Trinajstić information content (AvgIpc) is 2.81. The third-order valence-corrected chi connectivity index (χ3v) is 3.95. The van der Waals surface area contributed by atoms with Crippen LogP contribution in [0.2, 0.25) is 0 Å². The monoisotopic (exact) mass is 285 g/mol. The van der Waals surface area contributed by atoms with Crippen LogP contribution in [0.4, 0.5) is 0 Å². The summed E-state index contributed by atoms with van der Waals surface area (Å²) in [6.07, 6.45) is 7.14. The fourth-order valence-electron chi connectivity index (χ4n) is 2.73. The van der Waals surface area contributed by atoms with Crippen molar-refractivity contribution in [2.45, 2.75) is 52.1 Å². The molecule has 0 bridgehead atoms. The van der Waals surface area contributed by atoms with E-state index in [9.17, 15) is 0 Å². The molecule has 0 saturated heterocycles. The molecule has 0 fully saturated rings. The highest BCUT2D eigenvalue weighted by atomic mass is 15.2. The molecule has 0 spiro atoms. The number of hydrogen-bond donors (Lipinski definition) is 1. The van der Waals surface area contributed by atoms with Crippen LogP contribution in [0.15, 0.2) is 36.5 Å². The van der Waals surface area contributed by atoms with E-state index in [4.69, 9.17) is 0 Å². The first-order chi connectivity index (χ1) is 10.2. The highest BCUT2D eigenvalue weighted by Crippen LogP contribution is 2.20. The molecule has 1 aromatic heterocycles. The number of aromatic nitrogens is 2. The Morgan fingerprint density at radius 1 is 1.19 bits per heavy atom. The van der Waals surface area contributed by atoms with E-state index in [1.165, 1.54) is 36.8 Å². The molecule has 114 valence electrons. The topological polar surface area (TPSA) is 29.9 Å². The van der Waals surface area contributed by atoms with E-state index in [0.29, 0.717) is 6.04 Å². The molecule has 0 radical (unpaired) electrons. The first kappa shape index (κ1) is 15.8. The molecular weight excluding hydrogens is 258 g/mol. The minimum absolute atomic E-state index is 0.428. The Hall–Kier alpha value is -1.61. The summed E-state index contributed by atoms with van der Waals surface area (Å²) in [6, 6.07) is 11.2. The molecule has 0 aliphatic carbocycles. The molecule has 3 nitrogen and oxygen atoms in total. The number of benzene rings is 1. The van der Waals surface area contributed by atoms with Gasteiger partial charge in [-0.25, -0.2) is 0 Å². The molecule has 1 N–H and O–H groups in total. The van der Waals surface area contributed by atoms with Crippen molar-refractivity contribution in [3.63, 3.8) is 0 Å². The summed E-state index contributed by atoms with van der Waals surface area (Å²) in [4.78, 5) is 0. The Labute approximate surface area is 128 Å². The molecule has 0 aliphatic heterocycles. The molecule has 1 aromatic carbocycles. The molecule has 1 atom stereocenters. The highest BCUT2D eigenvalue weighted by Gasteiger charge is 2.12. The van der Waals surface area contributed by atoms with E-state index in [1.807, 2.05) is 11.7 Å². The minimum atomic E-state index is 0.428. The standard InChI is InChI=1S/C18H27N3/c1-4-5-7-12-18(16-10-8-6-9-11-16)19-13-17-14-21(3)20-15(17)2/h6,8-11,14,18-19H,4-5,7,12-13H2,1-3H3. The van der Waals surface area contributed by atoms with Gasteiger partial charge in [-0.1, -0.05) is 56.5 Å². The number of rotatable bonds is 8. The summed E-state index contributed by atoms with van der Waals surface area (Å²) >= 11 is 0. The van der Waals surface area contributed by atoms with Gasteiger partial charge in [0.25, 0.3) is 0 Å². The number of aryl methyl sites for hydroxylation is 2. The number of nitrogens with one attached hydrogen (secondary N) is 1. The van der Waals surface area contributed by atoms with Gasteiger partial charge in [-0.15, -0.1) is 0 Å². The number of hydrogen-bond acceptors (Lipinski definition) is 2. The third kappa shape index (κ3) is 4.71. The van der Waals surface area contributed by atoms with Gasteiger partial charge in [-0.2, -0.15) is 5.10 Å². The lowest BCUT2D eigenvalue weighted by Gasteiger charge is -2.19. The van der Waals surface area contributed by atoms with Gasteiger partial charge < -0.3 is 5.32 Å². The zero-order valence-electron chi connectivity index (χ0n) is 13.5. The van der Waals surface area contributed by atoms with Crippen LogP contribution >= 0.6 is 0 Å². The molecule has 0 saturated carbocycles. The second-order valence-corrected chi connectivity index (χ2v) is 5.75. The van der Waals surface area contributed by atoms with Crippen molar-refractivity contribution in [1.82, 2.24) is 15.1 Å². The molecule has 21 heavy (non-hydrogen) atoms. The fraction of sp³-hybridized carbons (Fsp3) is 0.500. The van der Waals surface area contributed by atoms with Crippen LogP contribution in [0.25, 0.3) is 0 Å². The minimum Gasteiger partial charge on any atom is -0.306 e. The van der Waals surface area contributed by atoms with Gasteiger partial charge in [0.05, 0.1) is 5.69 Å². The summed E-state index contributed by atoms with van der Waals surface area (Å²) in [5.74, 6) is 0. The maximum Gasteiger partial charge on any atom is 0.0638 e. The van der Waals surface area contributed by atoms with Gasteiger partial charge in [0.1, 0.15) is 0 Å². The predicted octanol–water partition coefficient (Wildman–Crippen LogP) is 4.14. The molecule has 2 rings (SSSR count). The van der Waals surface area contributed by atoms with Gasteiger partial charge >= 0.3 is 0 Å². The van der Waals surface area contributed by atoms with Crippen molar-refractivity contribution in [1.29, 1.82) is 0 Å². The van der Waals surface area contributed by atoms with Crippen LogP contribution in [-0.2, 0) is 13.6 Å². The van der Waals surface area contributed by atoms with E-state index in [1.54, 1.807) is 0 Å². The van der Waals surface area contributed by atoms with E-state index in [-0.39, 0.29) is 0 Å². The van der Waals surface area contributed by atoms with Crippen molar-refractivity contribution in [2.75, 3.05) is 0 Å². The zero-order valence-corrected chi connectivity index (χ0v) is 13.5. The van der Waals surface area contributed by atoms with Crippen LogP contribution < -0.4 is 5.32 Å². The summed E-state index contributed by atoms with van der Waals surface area (Å²) in [6.45, 7) is 5.21.